The van der Waals surface area contributed by atoms with E-state index in [0.29, 0.717) is 47.5 Å². The minimum absolute atomic E-state index is 0.0808. The van der Waals surface area contributed by atoms with Crippen LogP contribution in [0.4, 0.5) is 5.69 Å². The van der Waals surface area contributed by atoms with Crippen LogP contribution in [0.25, 0.3) is 6.08 Å². The zero-order chi connectivity index (χ0) is 29.0. The number of anilines is 1. The fourth-order valence-corrected chi connectivity index (χ4v) is 4.19. The molecule has 0 aliphatic carbocycles. The summed E-state index contributed by atoms with van der Waals surface area (Å²) < 4.78 is 23.3. The summed E-state index contributed by atoms with van der Waals surface area (Å²) in [5.41, 5.74) is 2.91. The van der Waals surface area contributed by atoms with Crippen LogP contribution in [0.1, 0.15) is 23.6 Å². The molecule has 8 heteroatoms. The molecule has 0 saturated carbocycles. The van der Waals surface area contributed by atoms with E-state index >= 15 is 0 Å². The van der Waals surface area contributed by atoms with Crippen molar-refractivity contribution in [3.8, 4) is 29.1 Å². The molecule has 0 heterocycles. The van der Waals surface area contributed by atoms with Gasteiger partial charge in [0, 0.05) is 5.69 Å². The number of carbonyl (C=O) groups excluding carboxylic acids is 1. The third-order valence-corrected chi connectivity index (χ3v) is 6.17. The molecule has 208 valence electrons. The molecule has 0 bridgehead atoms. The van der Waals surface area contributed by atoms with Gasteiger partial charge in [0.2, 0.25) is 0 Å². The molecule has 4 rings (SSSR count). The second-order valence-corrected chi connectivity index (χ2v) is 9.21. The first kappa shape index (κ1) is 29.1. The van der Waals surface area contributed by atoms with Crippen molar-refractivity contribution in [3.63, 3.8) is 0 Å². The quantitative estimate of drug-likeness (QED) is 0.141. The van der Waals surface area contributed by atoms with E-state index in [4.69, 9.17) is 30.5 Å². The third kappa shape index (κ3) is 8.04. The highest BCUT2D eigenvalue weighted by atomic mass is 35.5. The predicted octanol–water partition coefficient (Wildman–Crippen LogP) is 7.45. The van der Waals surface area contributed by atoms with E-state index in [1.165, 1.54) is 6.08 Å². The van der Waals surface area contributed by atoms with Gasteiger partial charge in [0.1, 0.15) is 24.9 Å². The molecule has 0 spiro atoms. The van der Waals surface area contributed by atoms with Crippen LogP contribution in [0.2, 0.25) is 5.02 Å². The first-order chi connectivity index (χ1) is 20.0. The zero-order valence-corrected chi connectivity index (χ0v) is 23.5. The number of nitrogens with one attached hydrogen (secondary N) is 1. The number of ether oxygens (including phenoxy) is 4. The zero-order valence-electron chi connectivity index (χ0n) is 22.7. The van der Waals surface area contributed by atoms with E-state index in [2.05, 4.69) is 5.32 Å². The van der Waals surface area contributed by atoms with Crippen LogP contribution in [-0.2, 0) is 18.0 Å². The van der Waals surface area contributed by atoms with Gasteiger partial charge in [-0.1, -0.05) is 66.2 Å². The Bertz CT molecular complexity index is 1550. The Morgan fingerprint density at radius 1 is 0.854 bits per heavy atom. The van der Waals surface area contributed by atoms with Gasteiger partial charge in [-0.15, -0.1) is 0 Å². The first-order valence-electron chi connectivity index (χ1n) is 12.9. The average molecular weight is 569 g/mol. The van der Waals surface area contributed by atoms with Crippen LogP contribution < -0.4 is 24.3 Å². The summed E-state index contributed by atoms with van der Waals surface area (Å²) in [5.74, 6) is 1.41. The molecule has 1 N–H and O–H groups in total. The molecule has 41 heavy (non-hydrogen) atoms. The molecule has 0 saturated heterocycles. The van der Waals surface area contributed by atoms with Gasteiger partial charge in [0.05, 0.1) is 18.7 Å². The Morgan fingerprint density at radius 2 is 1.56 bits per heavy atom. The summed E-state index contributed by atoms with van der Waals surface area (Å²) >= 11 is 6.59. The maximum absolute atomic E-state index is 12.6. The van der Waals surface area contributed by atoms with Gasteiger partial charge in [-0.25, -0.2) is 0 Å². The Balaban J connectivity index is 1.49. The summed E-state index contributed by atoms with van der Waals surface area (Å²) in [6.45, 7) is 2.81. The van der Waals surface area contributed by atoms with Crippen LogP contribution in [0, 0.1) is 11.3 Å². The van der Waals surface area contributed by atoms with Crippen molar-refractivity contribution < 1.29 is 23.7 Å². The van der Waals surface area contributed by atoms with Crippen LogP contribution in [0.15, 0.2) is 96.6 Å². The molecule has 7 nitrogen and oxygen atoms in total. The first-order valence-corrected chi connectivity index (χ1v) is 13.3. The molecular formula is C33H29ClN2O5. The molecule has 0 aliphatic rings. The fraction of sp³-hybridized carbons (Fsp3) is 0.152. The van der Waals surface area contributed by atoms with Crippen molar-refractivity contribution in [1.82, 2.24) is 0 Å². The highest BCUT2D eigenvalue weighted by Crippen LogP contribution is 2.38. The molecule has 0 aromatic heterocycles. The minimum atomic E-state index is -0.529. The van der Waals surface area contributed by atoms with Gasteiger partial charge in [0.15, 0.2) is 23.0 Å². The van der Waals surface area contributed by atoms with Crippen LogP contribution in [-0.4, -0.2) is 19.6 Å². The lowest BCUT2D eigenvalue weighted by Gasteiger charge is -2.16. The van der Waals surface area contributed by atoms with Gasteiger partial charge in [-0.2, -0.15) is 5.26 Å². The highest BCUT2D eigenvalue weighted by Gasteiger charge is 2.16. The number of nitriles is 1. The Hall–Kier alpha value is -4.93. The summed E-state index contributed by atoms with van der Waals surface area (Å²) in [7, 11) is 1.58. The molecule has 4 aromatic carbocycles. The molecule has 0 unspecified atom stereocenters. The molecular weight excluding hydrogens is 540 g/mol. The number of hydrogen-bond donors (Lipinski definition) is 1. The van der Waals surface area contributed by atoms with Crippen molar-refractivity contribution in [3.05, 3.63) is 118 Å². The van der Waals surface area contributed by atoms with Crippen LogP contribution in [0.3, 0.4) is 0 Å². The standard InChI is InChI=1S/C33H29ClN2O5/c1-3-39-31-19-25(16-26(20-35)33(37)36-27-12-8-5-9-13-27)17-28(34)32(31)41-22-24-14-15-29(30(18-24)38-2)40-21-23-10-6-4-7-11-23/h4-19H,3,21-22H2,1-2H3,(H,36,37)/b26-16+. The van der Waals surface area contributed by atoms with E-state index in [9.17, 15) is 10.1 Å². The van der Waals surface area contributed by atoms with Gasteiger partial charge >= 0.3 is 0 Å². The van der Waals surface area contributed by atoms with E-state index in [1.807, 2.05) is 67.6 Å². The molecule has 0 aliphatic heterocycles. The summed E-state index contributed by atoms with van der Waals surface area (Å²) in [6.07, 6.45) is 1.45. The smallest absolute Gasteiger partial charge is 0.266 e. The number of halogens is 1. The van der Waals surface area contributed by atoms with Crippen LogP contribution >= 0.6 is 11.6 Å². The Kier molecular flexibility index (Phi) is 10.2. The fourth-order valence-electron chi connectivity index (χ4n) is 3.92. The maximum atomic E-state index is 12.6. The normalized spacial score (nSPS) is 10.8. The van der Waals surface area contributed by atoms with Gasteiger partial charge in [-0.3, -0.25) is 4.79 Å². The second-order valence-electron chi connectivity index (χ2n) is 8.80. The molecule has 0 atom stereocenters. The van der Waals surface area contributed by atoms with Crippen molar-refractivity contribution in [2.75, 3.05) is 19.0 Å². The lowest BCUT2D eigenvalue weighted by Crippen LogP contribution is -2.13. The van der Waals surface area contributed by atoms with Crippen molar-refractivity contribution >= 4 is 29.3 Å². The van der Waals surface area contributed by atoms with E-state index in [0.717, 1.165) is 11.1 Å². The van der Waals surface area contributed by atoms with E-state index in [-0.39, 0.29) is 17.2 Å². The molecule has 4 aromatic rings. The van der Waals surface area contributed by atoms with Gasteiger partial charge in [0.25, 0.3) is 5.91 Å². The SMILES string of the molecule is CCOc1cc(/C=C(\C#N)C(=O)Nc2ccccc2)cc(Cl)c1OCc1ccc(OCc2ccccc2)c(OC)c1. The number of rotatable bonds is 12. The monoisotopic (exact) mass is 568 g/mol. The number of nitrogens with zero attached hydrogens (tertiary/aromatic N) is 1. The number of hydrogen-bond acceptors (Lipinski definition) is 6. The maximum Gasteiger partial charge on any atom is 0.266 e. The number of amides is 1. The van der Waals surface area contributed by atoms with Crippen molar-refractivity contribution in [1.29, 1.82) is 5.26 Å². The number of carbonyl (C=O) groups is 1. The Labute approximate surface area is 244 Å². The second kappa shape index (κ2) is 14.5. The summed E-state index contributed by atoms with van der Waals surface area (Å²) in [6, 6.07) is 29.6. The highest BCUT2D eigenvalue weighted by molar-refractivity contribution is 6.32. The lowest BCUT2D eigenvalue weighted by molar-refractivity contribution is -0.112. The van der Waals surface area contributed by atoms with Crippen LogP contribution in [0.5, 0.6) is 23.0 Å². The van der Waals surface area contributed by atoms with Gasteiger partial charge in [-0.05, 0) is 66.1 Å². The topological polar surface area (TPSA) is 89.8 Å². The number of methoxy groups -OCH3 is 1. The third-order valence-electron chi connectivity index (χ3n) is 5.89. The average Bonchev–Trinajstić information content (AvgIpc) is 2.99. The van der Waals surface area contributed by atoms with E-state index in [1.54, 1.807) is 43.5 Å². The van der Waals surface area contributed by atoms with Gasteiger partial charge < -0.3 is 24.3 Å². The largest absolute Gasteiger partial charge is 0.493 e. The van der Waals surface area contributed by atoms with Crippen molar-refractivity contribution in [2.24, 2.45) is 0 Å². The van der Waals surface area contributed by atoms with E-state index < -0.39 is 5.91 Å². The minimum Gasteiger partial charge on any atom is -0.493 e. The number of benzene rings is 4. The summed E-state index contributed by atoms with van der Waals surface area (Å²) in [5, 5.41) is 12.6. The lowest BCUT2D eigenvalue weighted by atomic mass is 10.1. The molecule has 0 fully saturated rings. The molecule has 1 amide bonds. The Morgan fingerprint density at radius 3 is 2.24 bits per heavy atom. The molecule has 0 radical (unpaired) electrons. The predicted molar refractivity (Wildman–Crippen MR) is 159 cm³/mol. The van der Waals surface area contributed by atoms with Crippen molar-refractivity contribution in [2.45, 2.75) is 20.1 Å². The number of para-hydroxylation sites is 1. The summed E-state index contributed by atoms with van der Waals surface area (Å²) in [4.78, 5) is 12.6.